The molecule has 2 aromatic carbocycles. The molecule has 1 aliphatic carbocycles. The molecule has 1 atom stereocenters. The molecule has 4 nitrogen and oxygen atoms in total. The number of Topliss-reactive ketones (excluding diaryl/α,β-unsaturated/α-hetero) is 1. The van der Waals surface area contributed by atoms with Crippen molar-refractivity contribution in [3.63, 3.8) is 0 Å². The zero-order valence-corrected chi connectivity index (χ0v) is 14.5. The van der Waals surface area contributed by atoms with Crippen LogP contribution in [0.2, 0.25) is 0 Å². The molecule has 0 fully saturated rings. The summed E-state index contributed by atoms with van der Waals surface area (Å²) in [5.41, 5.74) is 3.45. The molecule has 130 valence electrons. The standard InChI is InChI=1S/C22H18O4/c1-24-16-10-4-3-8-14(16)21-22-19(13-7-2-5-11-17(13)25-21)20-15(23)9-6-12-18(20)26-22/h2-5,7-8,10-11,21H,6,9,12H2,1H3. The average Bonchev–Trinajstić information content (AvgIpc) is 3.08. The van der Waals surface area contributed by atoms with Crippen molar-refractivity contribution in [3.8, 4) is 22.6 Å². The third-order valence-corrected chi connectivity index (χ3v) is 5.16. The first kappa shape index (κ1) is 15.3. The molecule has 4 heteroatoms. The summed E-state index contributed by atoms with van der Waals surface area (Å²) in [7, 11) is 1.65. The van der Waals surface area contributed by atoms with E-state index in [1.807, 2.05) is 48.5 Å². The predicted octanol–water partition coefficient (Wildman–Crippen LogP) is 4.96. The van der Waals surface area contributed by atoms with Crippen LogP contribution in [-0.2, 0) is 6.42 Å². The summed E-state index contributed by atoms with van der Waals surface area (Å²) in [5, 5.41) is 0. The van der Waals surface area contributed by atoms with E-state index in [1.54, 1.807) is 7.11 Å². The number of benzene rings is 2. The highest BCUT2D eigenvalue weighted by Crippen LogP contribution is 2.50. The van der Waals surface area contributed by atoms with Crippen LogP contribution in [0.4, 0.5) is 0 Å². The lowest BCUT2D eigenvalue weighted by atomic mass is 9.87. The zero-order chi connectivity index (χ0) is 17.7. The number of rotatable bonds is 2. The van der Waals surface area contributed by atoms with E-state index in [9.17, 15) is 4.79 Å². The van der Waals surface area contributed by atoms with Crippen LogP contribution in [0.3, 0.4) is 0 Å². The summed E-state index contributed by atoms with van der Waals surface area (Å²) < 4.78 is 18.1. The monoisotopic (exact) mass is 346 g/mol. The van der Waals surface area contributed by atoms with Crippen LogP contribution >= 0.6 is 0 Å². The van der Waals surface area contributed by atoms with Gasteiger partial charge in [-0.2, -0.15) is 0 Å². The number of carbonyl (C=O) groups is 1. The Morgan fingerprint density at radius 3 is 2.69 bits per heavy atom. The van der Waals surface area contributed by atoms with Gasteiger partial charge in [-0.25, -0.2) is 0 Å². The second-order valence-electron chi connectivity index (χ2n) is 6.65. The number of fused-ring (bicyclic) bond motifs is 5. The fraction of sp³-hybridized carbons (Fsp3) is 0.227. The lowest BCUT2D eigenvalue weighted by Gasteiger charge is -2.27. The van der Waals surface area contributed by atoms with Gasteiger partial charge in [-0.15, -0.1) is 0 Å². The van der Waals surface area contributed by atoms with E-state index in [1.165, 1.54) is 0 Å². The van der Waals surface area contributed by atoms with Gasteiger partial charge in [0.25, 0.3) is 0 Å². The molecule has 0 bridgehead atoms. The Morgan fingerprint density at radius 2 is 1.81 bits per heavy atom. The molecule has 2 aliphatic rings. The van der Waals surface area contributed by atoms with Gasteiger partial charge in [0, 0.05) is 29.5 Å². The van der Waals surface area contributed by atoms with Gasteiger partial charge < -0.3 is 13.9 Å². The van der Waals surface area contributed by atoms with Crippen LogP contribution in [0.25, 0.3) is 11.1 Å². The Hall–Kier alpha value is -3.01. The van der Waals surface area contributed by atoms with Gasteiger partial charge in [-0.1, -0.05) is 36.4 Å². The van der Waals surface area contributed by atoms with Gasteiger partial charge in [0.15, 0.2) is 17.6 Å². The van der Waals surface area contributed by atoms with Gasteiger partial charge in [0.1, 0.15) is 17.3 Å². The Morgan fingerprint density at radius 1 is 1.00 bits per heavy atom. The molecule has 1 unspecified atom stereocenters. The van der Waals surface area contributed by atoms with E-state index < -0.39 is 6.10 Å². The van der Waals surface area contributed by atoms with Crippen LogP contribution in [0.1, 0.15) is 46.4 Å². The van der Waals surface area contributed by atoms with E-state index in [0.29, 0.717) is 12.2 Å². The maximum absolute atomic E-state index is 12.7. The first-order valence-corrected chi connectivity index (χ1v) is 8.85. The zero-order valence-electron chi connectivity index (χ0n) is 14.5. The molecule has 2 heterocycles. The maximum Gasteiger partial charge on any atom is 0.185 e. The summed E-state index contributed by atoms with van der Waals surface area (Å²) in [6.07, 6.45) is 1.76. The molecule has 1 aromatic heterocycles. The Labute approximate surface area is 151 Å². The SMILES string of the molecule is COc1ccccc1C1Oc2ccccc2-c2c1oc1c2C(=O)CCC1. The molecule has 1 aliphatic heterocycles. The molecule has 0 radical (unpaired) electrons. The van der Waals surface area contributed by atoms with E-state index in [2.05, 4.69) is 0 Å². The fourth-order valence-corrected chi connectivity index (χ4v) is 4.00. The second-order valence-corrected chi connectivity index (χ2v) is 6.65. The van der Waals surface area contributed by atoms with Crippen molar-refractivity contribution < 1.29 is 18.7 Å². The van der Waals surface area contributed by atoms with Crippen molar-refractivity contribution in [2.75, 3.05) is 7.11 Å². The molecule has 0 spiro atoms. The summed E-state index contributed by atoms with van der Waals surface area (Å²) in [4.78, 5) is 12.7. The van der Waals surface area contributed by atoms with Gasteiger partial charge in [0.2, 0.25) is 0 Å². The smallest absolute Gasteiger partial charge is 0.185 e. The number of hydrogen-bond acceptors (Lipinski definition) is 4. The molecule has 0 saturated heterocycles. The van der Waals surface area contributed by atoms with E-state index in [0.717, 1.165) is 52.4 Å². The van der Waals surface area contributed by atoms with Gasteiger partial charge in [0.05, 0.1) is 12.7 Å². The highest BCUT2D eigenvalue weighted by Gasteiger charge is 2.38. The van der Waals surface area contributed by atoms with E-state index in [-0.39, 0.29) is 5.78 Å². The van der Waals surface area contributed by atoms with Crippen molar-refractivity contribution in [2.45, 2.75) is 25.4 Å². The van der Waals surface area contributed by atoms with Gasteiger partial charge in [-0.05, 0) is 18.6 Å². The maximum atomic E-state index is 12.7. The number of ether oxygens (including phenoxy) is 2. The van der Waals surface area contributed by atoms with Gasteiger partial charge in [-0.3, -0.25) is 4.79 Å². The number of carbonyl (C=O) groups excluding carboxylic acids is 1. The Kier molecular flexibility index (Phi) is 3.38. The van der Waals surface area contributed by atoms with Crippen molar-refractivity contribution in [1.29, 1.82) is 0 Å². The lowest BCUT2D eigenvalue weighted by molar-refractivity contribution is 0.0970. The largest absolute Gasteiger partial charge is 0.496 e. The van der Waals surface area contributed by atoms with Crippen molar-refractivity contribution >= 4 is 5.78 Å². The Balaban J connectivity index is 1.79. The summed E-state index contributed by atoms with van der Waals surface area (Å²) in [6, 6.07) is 15.6. The summed E-state index contributed by atoms with van der Waals surface area (Å²) >= 11 is 0. The number of aryl methyl sites for hydroxylation is 1. The quantitative estimate of drug-likeness (QED) is 0.658. The first-order valence-electron chi connectivity index (χ1n) is 8.85. The molecule has 26 heavy (non-hydrogen) atoms. The minimum Gasteiger partial charge on any atom is -0.496 e. The fourth-order valence-electron chi connectivity index (χ4n) is 4.00. The van der Waals surface area contributed by atoms with Crippen LogP contribution < -0.4 is 9.47 Å². The van der Waals surface area contributed by atoms with Crippen molar-refractivity contribution in [3.05, 3.63) is 71.2 Å². The van der Waals surface area contributed by atoms with Gasteiger partial charge >= 0.3 is 0 Å². The number of para-hydroxylation sites is 2. The molecule has 5 rings (SSSR count). The third kappa shape index (κ3) is 2.11. The number of furan rings is 1. The minimum atomic E-state index is -0.436. The molecule has 0 amide bonds. The molecular weight excluding hydrogens is 328 g/mol. The van der Waals surface area contributed by atoms with Crippen molar-refractivity contribution in [1.82, 2.24) is 0 Å². The van der Waals surface area contributed by atoms with Crippen LogP contribution in [0.15, 0.2) is 52.9 Å². The lowest BCUT2D eigenvalue weighted by Crippen LogP contribution is -2.16. The minimum absolute atomic E-state index is 0.159. The molecule has 0 N–H and O–H groups in total. The predicted molar refractivity (Wildman–Crippen MR) is 96.9 cm³/mol. The number of ketones is 1. The number of hydrogen-bond donors (Lipinski definition) is 0. The van der Waals surface area contributed by atoms with Crippen LogP contribution in [0.5, 0.6) is 11.5 Å². The first-order chi connectivity index (χ1) is 12.8. The van der Waals surface area contributed by atoms with E-state index in [4.69, 9.17) is 13.9 Å². The normalized spacial score (nSPS) is 17.7. The Bertz CT molecular complexity index is 1010. The summed E-state index contributed by atoms with van der Waals surface area (Å²) in [5.74, 6) is 3.15. The van der Waals surface area contributed by atoms with Crippen molar-refractivity contribution in [2.24, 2.45) is 0 Å². The second kappa shape index (κ2) is 5.77. The van der Waals surface area contributed by atoms with Crippen LogP contribution in [-0.4, -0.2) is 12.9 Å². The highest BCUT2D eigenvalue weighted by molar-refractivity contribution is 6.05. The topological polar surface area (TPSA) is 48.7 Å². The van der Waals surface area contributed by atoms with Crippen LogP contribution in [0, 0.1) is 0 Å². The molecule has 0 saturated carbocycles. The third-order valence-electron chi connectivity index (χ3n) is 5.16. The van der Waals surface area contributed by atoms with E-state index >= 15 is 0 Å². The number of methoxy groups -OCH3 is 1. The summed E-state index contributed by atoms with van der Waals surface area (Å²) in [6.45, 7) is 0. The molecule has 3 aromatic rings. The highest BCUT2D eigenvalue weighted by atomic mass is 16.5. The average molecular weight is 346 g/mol. The molecular formula is C22H18O4.